The van der Waals surface area contributed by atoms with Crippen LogP contribution in [-0.2, 0) is 0 Å². The first-order chi connectivity index (χ1) is 18.3. The molecule has 6 aromatic carbocycles. The summed E-state index contributed by atoms with van der Waals surface area (Å²) < 4.78 is 12.9. The molecule has 0 aromatic heterocycles. The van der Waals surface area contributed by atoms with Crippen molar-refractivity contribution in [2.75, 3.05) is 0 Å². The molecule has 0 unspecified atom stereocenters. The standard InChI is InChI=1S/C34H28Cl2O2/c1-19(2)37-33-25-11-7-5-9-23(25)31(29-17-21(35)13-15-27(29)33)32-24-10-6-8-12-26(24)34(38-20(3)4)28-16-14-22(36)18-30(28)32/h5-20H,1-4H3. The minimum absolute atomic E-state index is 0.0241. The molecule has 0 bridgehead atoms. The largest absolute Gasteiger partial charge is 0.490 e. The zero-order chi connectivity index (χ0) is 26.6. The zero-order valence-electron chi connectivity index (χ0n) is 21.8. The lowest BCUT2D eigenvalue weighted by Crippen LogP contribution is -2.07. The van der Waals surface area contributed by atoms with Gasteiger partial charge in [0.05, 0.1) is 12.2 Å². The third kappa shape index (κ3) is 4.13. The lowest BCUT2D eigenvalue weighted by molar-refractivity contribution is 0.248. The lowest BCUT2D eigenvalue weighted by atomic mass is 9.85. The topological polar surface area (TPSA) is 18.5 Å². The second-order valence-corrected chi connectivity index (χ2v) is 11.1. The van der Waals surface area contributed by atoms with Crippen LogP contribution in [0.15, 0.2) is 84.9 Å². The van der Waals surface area contributed by atoms with Gasteiger partial charge in [0.1, 0.15) is 11.5 Å². The van der Waals surface area contributed by atoms with Crippen molar-refractivity contribution in [3.05, 3.63) is 95.0 Å². The minimum Gasteiger partial charge on any atom is -0.490 e. The van der Waals surface area contributed by atoms with Crippen LogP contribution in [-0.4, -0.2) is 12.2 Å². The van der Waals surface area contributed by atoms with E-state index in [2.05, 4.69) is 100 Å². The van der Waals surface area contributed by atoms with Crippen LogP contribution < -0.4 is 9.47 Å². The molecule has 190 valence electrons. The van der Waals surface area contributed by atoms with Gasteiger partial charge in [0, 0.05) is 31.6 Å². The summed E-state index contributed by atoms with van der Waals surface area (Å²) in [7, 11) is 0. The summed E-state index contributed by atoms with van der Waals surface area (Å²) in [5.41, 5.74) is 2.21. The van der Waals surface area contributed by atoms with Crippen molar-refractivity contribution >= 4 is 66.3 Å². The average molecular weight is 540 g/mol. The van der Waals surface area contributed by atoms with Crippen LogP contribution in [0.5, 0.6) is 11.5 Å². The number of benzene rings is 6. The molecule has 6 aromatic rings. The Labute approximate surface area is 232 Å². The Morgan fingerprint density at radius 1 is 0.447 bits per heavy atom. The Morgan fingerprint density at radius 3 is 1.16 bits per heavy atom. The minimum atomic E-state index is 0.0241. The van der Waals surface area contributed by atoms with Crippen molar-refractivity contribution < 1.29 is 9.47 Å². The predicted octanol–water partition coefficient (Wildman–Crippen LogP) is 10.8. The molecule has 0 amide bonds. The molecule has 4 heteroatoms. The van der Waals surface area contributed by atoms with Gasteiger partial charge in [-0.25, -0.2) is 0 Å². The molecule has 38 heavy (non-hydrogen) atoms. The first kappa shape index (κ1) is 24.9. The summed E-state index contributed by atoms with van der Waals surface area (Å²) in [5.74, 6) is 1.75. The van der Waals surface area contributed by atoms with Crippen LogP contribution in [0, 0.1) is 0 Å². The van der Waals surface area contributed by atoms with Gasteiger partial charge < -0.3 is 9.47 Å². The summed E-state index contributed by atoms with van der Waals surface area (Å²) in [6, 6.07) is 29.0. The van der Waals surface area contributed by atoms with E-state index in [1.807, 2.05) is 12.1 Å². The van der Waals surface area contributed by atoms with Crippen molar-refractivity contribution in [3.8, 4) is 22.6 Å². The van der Waals surface area contributed by atoms with E-state index in [9.17, 15) is 0 Å². The van der Waals surface area contributed by atoms with Gasteiger partial charge in [-0.15, -0.1) is 0 Å². The van der Waals surface area contributed by atoms with Crippen molar-refractivity contribution in [1.82, 2.24) is 0 Å². The number of hydrogen-bond acceptors (Lipinski definition) is 2. The van der Waals surface area contributed by atoms with Gasteiger partial charge in [0.25, 0.3) is 0 Å². The van der Waals surface area contributed by atoms with Gasteiger partial charge in [0.2, 0.25) is 0 Å². The molecule has 0 fully saturated rings. The number of rotatable bonds is 5. The van der Waals surface area contributed by atoms with E-state index in [-0.39, 0.29) is 12.2 Å². The highest BCUT2D eigenvalue weighted by Gasteiger charge is 2.23. The molecule has 0 aliphatic heterocycles. The molecule has 6 rings (SSSR count). The molecular formula is C34H28Cl2O2. The van der Waals surface area contributed by atoms with Crippen LogP contribution in [0.1, 0.15) is 27.7 Å². The Kier molecular flexibility index (Phi) is 6.34. The van der Waals surface area contributed by atoms with Crippen LogP contribution in [0.25, 0.3) is 54.2 Å². The van der Waals surface area contributed by atoms with Crippen LogP contribution in [0.3, 0.4) is 0 Å². The smallest absolute Gasteiger partial charge is 0.135 e. The highest BCUT2D eigenvalue weighted by atomic mass is 35.5. The van der Waals surface area contributed by atoms with Crippen molar-refractivity contribution in [2.24, 2.45) is 0 Å². The van der Waals surface area contributed by atoms with E-state index in [1.54, 1.807) is 0 Å². The number of halogens is 2. The lowest BCUT2D eigenvalue weighted by Gasteiger charge is -2.23. The van der Waals surface area contributed by atoms with Gasteiger partial charge >= 0.3 is 0 Å². The maximum atomic E-state index is 6.65. The van der Waals surface area contributed by atoms with Crippen molar-refractivity contribution in [1.29, 1.82) is 0 Å². The summed E-state index contributed by atoms with van der Waals surface area (Å²) >= 11 is 13.3. The maximum Gasteiger partial charge on any atom is 0.135 e. The molecule has 0 saturated heterocycles. The fraction of sp³-hybridized carbons (Fsp3) is 0.176. The van der Waals surface area contributed by atoms with E-state index in [0.717, 1.165) is 65.7 Å². The summed E-state index contributed by atoms with van der Waals surface area (Å²) in [6.45, 7) is 8.23. The van der Waals surface area contributed by atoms with Crippen LogP contribution in [0.4, 0.5) is 0 Å². The van der Waals surface area contributed by atoms with Gasteiger partial charge in [-0.3, -0.25) is 0 Å². The number of ether oxygens (including phenoxy) is 2. The normalized spacial score (nSPS) is 11.9. The van der Waals surface area contributed by atoms with E-state index in [0.29, 0.717) is 10.0 Å². The third-order valence-electron chi connectivity index (χ3n) is 6.83. The Balaban J connectivity index is 1.89. The van der Waals surface area contributed by atoms with Gasteiger partial charge in [0.15, 0.2) is 0 Å². The third-order valence-corrected chi connectivity index (χ3v) is 7.30. The number of fused-ring (bicyclic) bond motifs is 4. The SMILES string of the molecule is CC(C)Oc1c2ccccc2c(-c2c3ccccc3c(OC(C)C)c3ccc(Cl)cc23)c2cc(Cl)ccc12. The molecule has 0 aliphatic rings. The molecule has 0 aliphatic carbocycles. The maximum absolute atomic E-state index is 6.65. The fourth-order valence-electron chi connectivity index (χ4n) is 5.49. The second-order valence-electron chi connectivity index (χ2n) is 10.2. The van der Waals surface area contributed by atoms with Crippen molar-refractivity contribution in [3.63, 3.8) is 0 Å². The fourth-order valence-corrected chi connectivity index (χ4v) is 5.83. The molecule has 0 N–H and O–H groups in total. The Morgan fingerprint density at radius 2 is 0.789 bits per heavy atom. The van der Waals surface area contributed by atoms with Gasteiger partial charge in [-0.2, -0.15) is 0 Å². The monoisotopic (exact) mass is 538 g/mol. The first-order valence-electron chi connectivity index (χ1n) is 12.9. The average Bonchev–Trinajstić information content (AvgIpc) is 2.89. The molecule has 0 heterocycles. The quantitative estimate of drug-likeness (QED) is 0.203. The van der Waals surface area contributed by atoms with Crippen LogP contribution >= 0.6 is 23.2 Å². The molecular weight excluding hydrogens is 511 g/mol. The first-order valence-corrected chi connectivity index (χ1v) is 13.7. The predicted molar refractivity (Wildman–Crippen MR) is 163 cm³/mol. The Bertz CT molecular complexity index is 1720. The summed E-state index contributed by atoms with van der Waals surface area (Å²) in [4.78, 5) is 0. The highest BCUT2D eigenvalue weighted by molar-refractivity contribution is 6.34. The van der Waals surface area contributed by atoms with Crippen molar-refractivity contribution in [2.45, 2.75) is 39.9 Å². The molecule has 0 saturated carbocycles. The summed E-state index contributed by atoms with van der Waals surface area (Å²) in [6.07, 6.45) is 0.0483. The second kappa shape index (κ2) is 9.69. The van der Waals surface area contributed by atoms with Crippen LogP contribution in [0.2, 0.25) is 10.0 Å². The highest BCUT2D eigenvalue weighted by Crippen LogP contribution is 2.50. The Hall–Kier alpha value is -3.46. The van der Waals surface area contributed by atoms with Gasteiger partial charge in [-0.05, 0) is 96.8 Å². The molecule has 0 radical (unpaired) electrons. The molecule has 0 atom stereocenters. The molecule has 2 nitrogen and oxygen atoms in total. The summed E-state index contributed by atoms with van der Waals surface area (Å²) in [5, 5.41) is 9.81. The van der Waals surface area contributed by atoms with E-state index >= 15 is 0 Å². The van der Waals surface area contributed by atoms with E-state index in [1.165, 1.54) is 0 Å². The number of hydrogen-bond donors (Lipinski definition) is 0. The van der Waals surface area contributed by atoms with E-state index in [4.69, 9.17) is 32.7 Å². The van der Waals surface area contributed by atoms with Gasteiger partial charge in [-0.1, -0.05) is 71.7 Å². The van der Waals surface area contributed by atoms with E-state index < -0.39 is 0 Å². The zero-order valence-corrected chi connectivity index (χ0v) is 23.3. The molecule has 0 spiro atoms.